The van der Waals surface area contributed by atoms with Gasteiger partial charge in [0.2, 0.25) is 0 Å². The third-order valence-electron chi connectivity index (χ3n) is 10.4. The summed E-state index contributed by atoms with van der Waals surface area (Å²) in [5, 5.41) is 0. The van der Waals surface area contributed by atoms with Gasteiger partial charge in [0.1, 0.15) is 18.1 Å². The Morgan fingerprint density at radius 2 is 0.614 bits per heavy atom. The van der Waals surface area contributed by atoms with Crippen molar-refractivity contribution < 1.29 is 43.0 Å². The Hall–Kier alpha value is -5.52. The van der Waals surface area contributed by atoms with Crippen molar-refractivity contribution in [1.29, 1.82) is 0 Å². The smallest absolute Gasteiger partial charge is 0.329 e. The van der Waals surface area contributed by atoms with Crippen LogP contribution in [-0.2, 0) is 62.2 Å². The topological polar surface area (TPSA) is 140 Å². The molecule has 3 aromatic rings. The predicted molar refractivity (Wildman–Crippen MR) is 214 cm³/mol. The highest BCUT2D eigenvalue weighted by atomic mass is 16.6. The molecule has 0 spiro atoms. The van der Waals surface area contributed by atoms with Crippen LogP contribution in [0.4, 0.5) is 0 Å². The number of benzene rings is 3. The first-order valence-electron chi connectivity index (χ1n) is 19.5. The van der Waals surface area contributed by atoms with E-state index in [1.807, 2.05) is 18.2 Å². The minimum atomic E-state index is -1.36. The van der Waals surface area contributed by atoms with E-state index < -0.39 is 89.8 Å². The number of hydrogen-bond donors (Lipinski definition) is 0. The van der Waals surface area contributed by atoms with Gasteiger partial charge in [-0.05, 0) is 34.4 Å². The van der Waals surface area contributed by atoms with Gasteiger partial charge < -0.3 is 28.9 Å². The maximum atomic E-state index is 14.4. The summed E-state index contributed by atoms with van der Waals surface area (Å²) < 4.78 is 18.1. The highest BCUT2D eigenvalue weighted by Gasteiger charge is 2.44. The largest absolute Gasteiger partial charge is 0.450 e. The SMILES string of the molecule is CC(C)[C@H]1OC(=O)[C@@H](Cc2ccccc2)N(C)C(=O)[C@@H](C(C)C)OC(=O)[C@H](Cc2ccccc2)N(C)C(=O)[C@@H](C(C)C)OC(=O)[C@@H](Cc2ccccc2)N(C)C1=O. The van der Waals surface area contributed by atoms with Crippen LogP contribution >= 0.6 is 0 Å². The number of likely N-dealkylation sites (N-methyl/N-ethyl adjacent to an activating group) is 3. The zero-order chi connectivity index (χ0) is 42.0. The lowest BCUT2D eigenvalue weighted by Crippen LogP contribution is -2.56. The van der Waals surface area contributed by atoms with Crippen LogP contribution < -0.4 is 0 Å². The molecule has 6 atom stereocenters. The van der Waals surface area contributed by atoms with E-state index >= 15 is 0 Å². The van der Waals surface area contributed by atoms with Gasteiger partial charge in [-0.2, -0.15) is 0 Å². The summed E-state index contributed by atoms with van der Waals surface area (Å²) in [6.45, 7) is 10.3. The summed E-state index contributed by atoms with van der Waals surface area (Å²) in [6.07, 6.45) is -3.99. The molecular weight excluding hydrogens is 727 g/mol. The Morgan fingerprint density at radius 1 is 0.404 bits per heavy atom. The second-order valence-corrected chi connectivity index (χ2v) is 15.8. The average molecular weight is 784 g/mol. The normalized spacial score (nSPS) is 23.7. The number of amides is 3. The van der Waals surface area contributed by atoms with Crippen LogP contribution in [0.25, 0.3) is 0 Å². The lowest BCUT2D eigenvalue weighted by molar-refractivity contribution is -0.179. The van der Waals surface area contributed by atoms with Crippen LogP contribution in [0.3, 0.4) is 0 Å². The molecule has 4 rings (SSSR count). The van der Waals surface area contributed by atoms with Crippen LogP contribution in [0.15, 0.2) is 91.0 Å². The number of carbonyl (C=O) groups is 6. The van der Waals surface area contributed by atoms with Gasteiger partial charge in [0, 0.05) is 40.4 Å². The summed E-state index contributed by atoms with van der Waals surface area (Å²) in [6, 6.07) is 23.4. The van der Waals surface area contributed by atoms with Gasteiger partial charge in [-0.25, -0.2) is 14.4 Å². The highest BCUT2D eigenvalue weighted by molar-refractivity contribution is 5.94. The molecule has 57 heavy (non-hydrogen) atoms. The van der Waals surface area contributed by atoms with Crippen molar-refractivity contribution in [2.45, 2.75) is 97.2 Å². The van der Waals surface area contributed by atoms with Gasteiger partial charge in [0.25, 0.3) is 17.7 Å². The Labute approximate surface area is 336 Å². The molecule has 0 saturated carbocycles. The lowest BCUT2D eigenvalue weighted by atomic mass is 9.99. The van der Waals surface area contributed by atoms with Gasteiger partial charge in [0.15, 0.2) is 18.3 Å². The lowest BCUT2D eigenvalue weighted by Gasteiger charge is -2.37. The van der Waals surface area contributed by atoms with Crippen LogP contribution in [0, 0.1) is 17.8 Å². The van der Waals surface area contributed by atoms with E-state index in [4.69, 9.17) is 14.2 Å². The fourth-order valence-electron chi connectivity index (χ4n) is 6.74. The molecular formula is C45H57N3O9. The fourth-order valence-corrected chi connectivity index (χ4v) is 6.74. The minimum Gasteiger partial charge on any atom is -0.450 e. The second-order valence-electron chi connectivity index (χ2n) is 15.8. The first-order valence-corrected chi connectivity index (χ1v) is 19.5. The number of hydrogen-bond acceptors (Lipinski definition) is 9. The molecule has 1 aliphatic heterocycles. The molecule has 1 aliphatic rings. The third-order valence-corrected chi connectivity index (χ3v) is 10.4. The maximum absolute atomic E-state index is 14.4. The molecule has 0 bridgehead atoms. The van der Waals surface area contributed by atoms with Crippen LogP contribution in [-0.4, -0.2) is 108 Å². The number of esters is 3. The quantitative estimate of drug-likeness (QED) is 0.219. The highest BCUT2D eigenvalue weighted by Crippen LogP contribution is 2.24. The summed E-state index contributed by atoms with van der Waals surface area (Å²) in [5.41, 5.74) is 2.16. The van der Waals surface area contributed by atoms with Crippen molar-refractivity contribution in [3.05, 3.63) is 108 Å². The molecule has 0 radical (unpaired) electrons. The molecule has 12 nitrogen and oxygen atoms in total. The summed E-state index contributed by atoms with van der Waals surface area (Å²) >= 11 is 0. The van der Waals surface area contributed by atoms with Gasteiger partial charge in [-0.15, -0.1) is 0 Å². The molecule has 306 valence electrons. The van der Waals surface area contributed by atoms with Crippen molar-refractivity contribution in [3.8, 4) is 0 Å². The fraction of sp³-hybridized carbons (Fsp3) is 0.467. The van der Waals surface area contributed by atoms with E-state index in [1.54, 1.807) is 114 Å². The Kier molecular flexibility index (Phi) is 15.6. The molecule has 0 N–H and O–H groups in total. The molecule has 0 aromatic heterocycles. The molecule has 3 aromatic carbocycles. The first-order chi connectivity index (χ1) is 27.0. The zero-order valence-corrected chi connectivity index (χ0v) is 34.5. The second kappa shape index (κ2) is 20.1. The number of carbonyl (C=O) groups excluding carboxylic acids is 6. The van der Waals surface area contributed by atoms with Crippen molar-refractivity contribution in [3.63, 3.8) is 0 Å². The average Bonchev–Trinajstić information content (AvgIpc) is 3.19. The number of ether oxygens (including phenoxy) is 3. The first kappa shape index (κ1) is 44.2. The molecule has 3 amide bonds. The van der Waals surface area contributed by atoms with Crippen molar-refractivity contribution in [2.75, 3.05) is 21.1 Å². The van der Waals surface area contributed by atoms with Gasteiger partial charge in [-0.3, -0.25) is 14.4 Å². The molecule has 1 fully saturated rings. The van der Waals surface area contributed by atoms with Gasteiger partial charge >= 0.3 is 17.9 Å². The minimum absolute atomic E-state index is 0.0307. The van der Waals surface area contributed by atoms with E-state index in [0.717, 1.165) is 16.7 Å². The summed E-state index contributed by atoms with van der Waals surface area (Å²) in [5.74, 6) is -6.18. The van der Waals surface area contributed by atoms with E-state index in [9.17, 15) is 28.8 Å². The van der Waals surface area contributed by atoms with E-state index in [2.05, 4.69) is 0 Å². The standard InChI is InChI=1S/C45H57N3O9/c1-28(2)37-40(49)46(7)35(26-32-21-15-11-16-22-32)44(53)56-39(30(5)6)42(51)48(9)36(27-33-23-17-12-18-24-33)45(54)57-38(29(3)4)41(50)47(8)34(43(52)55-37)25-31-19-13-10-14-20-31/h10-24,28-30,34-39H,25-27H2,1-9H3/t34-,35-,36+,37-,38-,39-/m1/s1. The van der Waals surface area contributed by atoms with E-state index in [-0.39, 0.29) is 19.3 Å². The van der Waals surface area contributed by atoms with Crippen LogP contribution in [0.1, 0.15) is 58.2 Å². The number of cyclic esters (lactones) is 3. The number of rotatable bonds is 9. The maximum Gasteiger partial charge on any atom is 0.329 e. The molecule has 1 heterocycles. The summed E-state index contributed by atoms with van der Waals surface area (Å²) in [4.78, 5) is 89.9. The zero-order valence-electron chi connectivity index (χ0n) is 34.5. The third kappa shape index (κ3) is 11.3. The Balaban J connectivity index is 1.88. The van der Waals surface area contributed by atoms with Crippen LogP contribution in [0.5, 0.6) is 0 Å². The molecule has 1 saturated heterocycles. The van der Waals surface area contributed by atoms with Gasteiger partial charge in [0.05, 0.1) is 0 Å². The Bertz CT molecular complexity index is 1620. The van der Waals surface area contributed by atoms with Crippen molar-refractivity contribution >= 4 is 35.6 Å². The van der Waals surface area contributed by atoms with Crippen molar-refractivity contribution in [2.24, 2.45) is 17.8 Å². The predicted octanol–water partition coefficient (Wildman–Crippen LogP) is 4.91. The molecule has 12 heteroatoms. The monoisotopic (exact) mass is 783 g/mol. The Morgan fingerprint density at radius 3 is 0.807 bits per heavy atom. The number of nitrogens with zero attached hydrogens (tertiary/aromatic N) is 3. The van der Waals surface area contributed by atoms with E-state index in [1.165, 1.54) is 35.8 Å². The van der Waals surface area contributed by atoms with E-state index in [0.29, 0.717) is 0 Å². The van der Waals surface area contributed by atoms with Gasteiger partial charge in [-0.1, -0.05) is 133 Å². The van der Waals surface area contributed by atoms with Crippen molar-refractivity contribution in [1.82, 2.24) is 14.7 Å². The summed E-state index contributed by atoms with van der Waals surface area (Å²) in [7, 11) is 4.31. The molecule has 0 aliphatic carbocycles. The molecule has 0 unspecified atom stereocenters. The van der Waals surface area contributed by atoms with Crippen LogP contribution in [0.2, 0.25) is 0 Å².